The average molecular weight is 751 g/mol. The van der Waals surface area contributed by atoms with Crippen molar-refractivity contribution in [3.63, 3.8) is 0 Å². The Hall–Kier alpha value is -6.08. The summed E-state index contributed by atoms with van der Waals surface area (Å²) in [7, 11) is 0. The van der Waals surface area contributed by atoms with Crippen molar-refractivity contribution in [1.29, 1.82) is 0 Å². The van der Waals surface area contributed by atoms with Crippen molar-refractivity contribution >= 4 is 112 Å². The molecule has 56 heavy (non-hydrogen) atoms. The maximum Gasteiger partial charge on any atom is 0.247 e. The van der Waals surface area contributed by atoms with Gasteiger partial charge in [-0.05, 0) is 73.9 Å². The molecule has 0 atom stereocenters. The van der Waals surface area contributed by atoms with Gasteiger partial charge in [0.15, 0.2) is 0 Å². The van der Waals surface area contributed by atoms with Gasteiger partial charge in [-0.25, -0.2) is 0 Å². The minimum absolute atomic E-state index is 0.201. The lowest BCUT2D eigenvalue weighted by molar-refractivity contribution is 0.673. The van der Waals surface area contributed by atoms with Crippen molar-refractivity contribution in [3.05, 3.63) is 163 Å². The summed E-state index contributed by atoms with van der Waals surface area (Å²) in [4.78, 5) is 5.36. The van der Waals surface area contributed by atoms with E-state index in [2.05, 4.69) is 175 Å². The lowest BCUT2D eigenvalue weighted by Gasteiger charge is -2.33. The normalized spacial score (nSPS) is 13.4. The van der Waals surface area contributed by atoms with Crippen LogP contribution in [0.25, 0.3) is 76.9 Å². The van der Waals surface area contributed by atoms with Crippen LogP contribution in [0, 0.1) is 13.8 Å². The van der Waals surface area contributed by atoms with Crippen LogP contribution in [0.5, 0.6) is 0 Å². The number of hydrogen-bond acceptors (Lipinski definition) is 3. The molecule has 0 radical (unpaired) electrons. The monoisotopic (exact) mass is 750 g/mol. The number of rotatable bonds is 2. The summed E-state index contributed by atoms with van der Waals surface area (Å²) in [6.07, 6.45) is 0. The third-order valence-corrected chi connectivity index (χ3v) is 14.4. The number of fused-ring (bicyclic) bond motifs is 16. The Morgan fingerprint density at radius 2 is 0.982 bits per heavy atom. The number of aromatic nitrogens is 2. The highest BCUT2D eigenvalue weighted by atomic mass is 32.2. The highest BCUT2D eigenvalue weighted by molar-refractivity contribution is 8.01. The topological polar surface area (TPSA) is 23.0 Å². The minimum atomic E-state index is 0.201. The second-order valence-electron chi connectivity index (χ2n) is 15.4. The van der Waals surface area contributed by atoms with Gasteiger partial charge in [-0.2, -0.15) is 0 Å². The third-order valence-electron chi connectivity index (χ3n) is 12.1. The fourth-order valence-corrected chi connectivity index (χ4v) is 12.5. The van der Waals surface area contributed by atoms with E-state index in [0.29, 0.717) is 0 Å². The SMILES string of the molecule is Cc1ccc2c(c1)Sc1cc(-n3c4ccccc4c4c5c(c6ccccc6n5-c5ccccc5)c5oc6ccccc6c5c43)cc3c1B2c1ccc(C)cc1S3. The average Bonchev–Trinajstić information content (AvgIpc) is 3.88. The van der Waals surface area contributed by atoms with Crippen LogP contribution in [-0.2, 0) is 0 Å². The Kier molecular flexibility index (Phi) is 6.26. The van der Waals surface area contributed by atoms with Crippen molar-refractivity contribution in [2.24, 2.45) is 0 Å². The van der Waals surface area contributed by atoms with Crippen LogP contribution in [-0.4, -0.2) is 15.8 Å². The molecule has 0 unspecified atom stereocenters. The van der Waals surface area contributed by atoms with Crippen LogP contribution < -0.4 is 16.4 Å². The molecule has 6 heteroatoms. The Morgan fingerprint density at radius 3 is 1.62 bits per heavy atom. The van der Waals surface area contributed by atoms with Gasteiger partial charge in [-0.3, -0.25) is 0 Å². The highest BCUT2D eigenvalue weighted by Crippen LogP contribution is 2.50. The van der Waals surface area contributed by atoms with E-state index in [9.17, 15) is 0 Å². The molecule has 0 fully saturated rings. The first-order valence-corrected chi connectivity index (χ1v) is 20.8. The molecule has 8 aromatic carbocycles. The summed E-state index contributed by atoms with van der Waals surface area (Å²) in [6.45, 7) is 4.62. The molecule has 262 valence electrons. The first-order valence-electron chi connectivity index (χ1n) is 19.2. The third kappa shape index (κ3) is 4.07. The largest absolute Gasteiger partial charge is 0.455 e. The van der Waals surface area contributed by atoms with Gasteiger partial charge in [0.25, 0.3) is 0 Å². The van der Waals surface area contributed by atoms with E-state index in [-0.39, 0.29) is 6.71 Å². The van der Waals surface area contributed by atoms with Gasteiger partial charge < -0.3 is 13.6 Å². The zero-order chi connectivity index (χ0) is 36.8. The van der Waals surface area contributed by atoms with Crippen LogP contribution in [0.3, 0.4) is 0 Å². The van der Waals surface area contributed by atoms with Crippen molar-refractivity contribution in [2.75, 3.05) is 0 Å². The van der Waals surface area contributed by atoms with Gasteiger partial charge in [0.05, 0.1) is 32.8 Å². The standard InChI is InChI=1S/C50H31BN2OS2/c1-28-20-22-35-40(24-28)55-42-26-31(27-43-47(42)51(35)36-23-21-29(2)25-41(36)56-43)53-37-17-9-6-14-32(37)44-48-45(50-46(49(44)53)34-16-8-11-19-39(34)54-50)33-15-7-10-18-38(33)52(48)30-12-4-3-5-13-30/h3-27H,1-2H3. The van der Waals surface area contributed by atoms with Gasteiger partial charge in [0, 0.05) is 52.5 Å². The van der Waals surface area contributed by atoms with Crippen LogP contribution in [0.15, 0.2) is 176 Å². The Morgan fingerprint density at radius 1 is 0.464 bits per heavy atom. The van der Waals surface area contributed by atoms with Gasteiger partial charge >= 0.3 is 0 Å². The molecule has 5 heterocycles. The summed E-state index contributed by atoms with van der Waals surface area (Å²) in [5, 5.41) is 7.09. The van der Waals surface area contributed by atoms with E-state index in [4.69, 9.17) is 4.42 Å². The molecular weight excluding hydrogens is 720 g/mol. The number of hydrogen-bond donors (Lipinski definition) is 0. The zero-order valence-electron chi connectivity index (χ0n) is 30.6. The van der Waals surface area contributed by atoms with E-state index < -0.39 is 0 Å². The fraction of sp³-hybridized carbons (Fsp3) is 0.0400. The number of nitrogens with zero attached hydrogens (tertiary/aromatic N) is 2. The van der Waals surface area contributed by atoms with Crippen molar-refractivity contribution in [2.45, 2.75) is 33.4 Å². The smallest absolute Gasteiger partial charge is 0.247 e. The van der Waals surface area contributed by atoms with Crippen LogP contribution in [0.1, 0.15) is 11.1 Å². The van der Waals surface area contributed by atoms with Gasteiger partial charge in [-0.1, -0.05) is 143 Å². The number of furan rings is 1. The molecule has 0 N–H and O–H groups in total. The Bertz CT molecular complexity index is 3440. The number of para-hydroxylation sites is 4. The van der Waals surface area contributed by atoms with E-state index >= 15 is 0 Å². The molecule has 0 bridgehead atoms. The molecule has 13 rings (SSSR count). The number of aryl methyl sites for hydroxylation is 2. The molecule has 0 saturated carbocycles. The zero-order valence-corrected chi connectivity index (χ0v) is 32.3. The van der Waals surface area contributed by atoms with E-state index in [1.807, 2.05) is 23.5 Å². The molecule has 0 aliphatic carbocycles. The predicted molar refractivity (Wildman–Crippen MR) is 238 cm³/mol. The van der Waals surface area contributed by atoms with Crippen molar-refractivity contribution in [3.8, 4) is 11.4 Å². The first-order chi connectivity index (χ1) is 27.6. The fourth-order valence-electron chi connectivity index (χ4n) is 9.82. The summed E-state index contributed by atoms with van der Waals surface area (Å²) in [5.74, 6) is 0. The van der Waals surface area contributed by atoms with E-state index in [0.717, 1.165) is 33.0 Å². The van der Waals surface area contributed by atoms with Crippen molar-refractivity contribution < 1.29 is 4.42 Å². The van der Waals surface area contributed by atoms with Crippen molar-refractivity contribution in [1.82, 2.24) is 9.13 Å². The molecular formula is C50H31BN2OS2. The molecule has 11 aromatic rings. The summed E-state index contributed by atoms with van der Waals surface area (Å²) >= 11 is 3.86. The summed E-state index contributed by atoms with van der Waals surface area (Å²) in [6, 6.07) is 56.2. The van der Waals surface area contributed by atoms with Gasteiger partial charge in [0.2, 0.25) is 6.71 Å². The quantitative estimate of drug-likeness (QED) is 0.164. The second-order valence-corrected chi connectivity index (χ2v) is 17.5. The summed E-state index contributed by atoms with van der Waals surface area (Å²) in [5.41, 5.74) is 15.7. The number of benzene rings is 8. The molecule has 0 spiro atoms. The highest BCUT2D eigenvalue weighted by Gasteiger charge is 2.39. The summed E-state index contributed by atoms with van der Waals surface area (Å²) < 4.78 is 12.0. The molecule has 3 aromatic heterocycles. The maximum absolute atomic E-state index is 7.04. The molecule has 0 amide bonds. The van der Waals surface area contributed by atoms with Crippen LogP contribution in [0.4, 0.5) is 0 Å². The predicted octanol–water partition coefficient (Wildman–Crippen LogP) is 11.8. The second kappa shape index (κ2) is 11.3. The molecule has 3 nitrogen and oxygen atoms in total. The Balaban J connectivity index is 1.23. The van der Waals surface area contributed by atoms with Gasteiger partial charge in [0.1, 0.15) is 11.2 Å². The molecule has 0 saturated heterocycles. The Labute approximate surface area is 331 Å². The van der Waals surface area contributed by atoms with E-state index in [1.165, 1.54) is 91.0 Å². The maximum atomic E-state index is 7.04. The lowest BCUT2D eigenvalue weighted by Crippen LogP contribution is -2.58. The van der Waals surface area contributed by atoms with E-state index in [1.54, 1.807) is 0 Å². The first kappa shape index (κ1) is 31.2. The van der Waals surface area contributed by atoms with Crippen LogP contribution in [0.2, 0.25) is 0 Å². The van der Waals surface area contributed by atoms with Gasteiger partial charge in [-0.15, -0.1) is 0 Å². The minimum Gasteiger partial charge on any atom is -0.455 e. The molecule has 2 aliphatic rings. The molecule has 2 aliphatic heterocycles. The van der Waals surface area contributed by atoms with Crippen LogP contribution >= 0.6 is 23.5 Å². The lowest BCUT2D eigenvalue weighted by atomic mass is 9.36.